The van der Waals surface area contributed by atoms with Crippen molar-refractivity contribution in [1.82, 2.24) is 24.5 Å². The van der Waals surface area contributed by atoms with Crippen LogP contribution in [0.25, 0.3) is 16.6 Å². The number of nitro benzene ring substituents is 1. The molecular formula is C47H57ClN8O8PS+. The number of aromatic amines is 1. The number of fused-ring (bicyclic) bond motifs is 1. The van der Waals surface area contributed by atoms with E-state index in [2.05, 4.69) is 55.8 Å². The monoisotopic (exact) mass is 959 g/mol. The number of nitrogens with one attached hydrogen (secondary N) is 3. The fourth-order valence-corrected chi connectivity index (χ4v) is 11.7. The number of benzene rings is 3. The summed E-state index contributed by atoms with van der Waals surface area (Å²) in [5, 5.41) is 26.9. The number of rotatable bonds is 15. The molecule has 8 rings (SSSR count). The van der Waals surface area contributed by atoms with Crippen molar-refractivity contribution in [1.29, 1.82) is 0 Å². The zero-order valence-electron chi connectivity index (χ0n) is 37.4. The fraction of sp³-hybridized carbons (Fsp3) is 0.404. The summed E-state index contributed by atoms with van der Waals surface area (Å²) in [7, 11) is -6.60. The standard InChI is InChI=1S/C47H56ClN8O8PS/c1-47(2)14-12-34(41(27-47)32-4-6-35(48)7-5-32)30-53-16-18-54(19-17-53)36-8-10-40(44(25-36)64-38-24-33-13-15-49-45(33)51-29-38)46(58)52-66(62,63)39-9-11-42(43(26-39)56(59)60)50-28-37(31-57)55-20-22-65(3,61)23-21-55/h4-11,13,15,24-26,29,37,50,57,61H,12,14,16-23,27-28,30-31H2,1-3H3,(H-,49,51,52,58)/p+1. The molecule has 1 aliphatic carbocycles. The maximum absolute atomic E-state index is 14.0. The van der Waals surface area contributed by atoms with Gasteiger partial charge in [-0.25, -0.2) is 18.1 Å². The molecule has 2 saturated heterocycles. The normalized spacial score (nSPS) is 18.5. The number of anilines is 2. The predicted octanol–water partition coefficient (Wildman–Crippen LogP) is 7.46. The summed E-state index contributed by atoms with van der Waals surface area (Å²) >= 11 is 6.24. The van der Waals surface area contributed by atoms with E-state index in [-0.39, 0.29) is 41.6 Å². The second kappa shape index (κ2) is 19.6. The van der Waals surface area contributed by atoms with Gasteiger partial charge in [-0.15, -0.1) is 0 Å². The lowest BCUT2D eigenvalue weighted by Gasteiger charge is -2.39. The summed E-state index contributed by atoms with van der Waals surface area (Å²) in [6.45, 7) is 11.5. The number of piperazine rings is 1. The molecule has 0 spiro atoms. The number of pyridine rings is 1. The van der Waals surface area contributed by atoms with Gasteiger partial charge in [0.2, 0.25) is 0 Å². The molecule has 16 nitrogen and oxygen atoms in total. The van der Waals surface area contributed by atoms with E-state index in [1.807, 2.05) is 29.8 Å². The van der Waals surface area contributed by atoms with Gasteiger partial charge in [0.1, 0.15) is 30.3 Å². The number of amides is 1. The molecule has 0 radical (unpaired) electrons. The molecule has 2 aliphatic heterocycles. The zero-order valence-corrected chi connectivity index (χ0v) is 39.8. The summed E-state index contributed by atoms with van der Waals surface area (Å²) in [4.78, 5) is 49.7. The second-order valence-electron chi connectivity index (χ2n) is 18.5. The highest BCUT2D eigenvalue weighted by atomic mass is 35.5. The number of aliphatic hydroxyl groups is 1. The first-order chi connectivity index (χ1) is 31.5. The van der Waals surface area contributed by atoms with Crippen molar-refractivity contribution in [3.63, 3.8) is 0 Å². The van der Waals surface area contributed by atoms with Crippen molar-refractivity contribution >= 4 is 68.7 Å². The Bertz CT molecular complexity index is 2730. The van der Waals surface area contributed by atoms with Crippen LogP contribution in [-0.2, 0) is 10.0 Å². The van der Waals surface area contributed by atoms with Crippen molar-refractivity contribution in [2.45, 2.75) is 44.0 Å². The van der Waals surface area contributed by atoms with Gasteiger partial charge in [0, 0.05) is 86.8 Å². The predicted molar refractivity (Wildman–Crippen MR) is 261 cm³/mol. The lowest BCUT2D eigenvalue weighted by atomic mass is 9.72. The number of halogens is 1. The molecule has 2 fully saturated rings. The molecule has 0 saturated carbocycles. The van der Waals surface area contributed by atoms with Crippen molar-refractivity contribution in [2.24, 2.45) is 5.41 Å². The van der Waals surface area contributed by atoms with E-state index in [4.69, 9.17) is 16.3 Å². The summed E-state index contributed by atoms with van der Waals surface area (Å²) in [5.41, 5.74) is 5.19. The van der Waals surface area contributed by atoms with Gasteiger partial charge in [0.25, 0.3) is 21.6 Å². The Morgan fingerprint density at radius 2 is 1.77 bits per heavy atom. The lowest BCUT2D eigenvalue weighted by molar-refractivity contribution is -0.384. The maximum atomic E-state index is 14.0. The van der Waals surface area contributed by atoms with E-state index in [0.717, 1.165) is 61.1 Å². The Kier molecular flexibility index (Phi) is 14.1. The molecule has 4 heterocycles. The van der Waals surface area contributed by atoms with E-state index in [9.17, 15) is 33.3 Å². The number of aliphatic hydroxyl groups excluding tert-OH is 1. The highest BCUT2D eigenvalue weighted by Crippen LogP contribution is 2.52. The van der Waals surface area contributed by atoms with Crippen LogP contribution in [0, 0.1) is 15.5 Å². The Balaban J connectivity index is 0.988. The van der Waals surface area contributed by atoms with Crippen LogP contribution < -0.4 is 19.7 Å². The molecule has 1 unspecified atom stereocenters. The van der Waals surface area contributed by atoms with E-state index in [0.29, 0.717) is 49.9 Å². The molecular weight excluding hydrogens is 903 g/mol. The first-order valence-electron chi connectivity index (χ1n) is 22.2. The van der Waals surface area contributed by atoms with Crippen LogP contribution in [-0.4, -0.2) is 133 Å². The van der Waals surface area contributed by atoms with Gasteiger partial charge in [-0.3, -0.25) is 29.6 Å². The smallest absolute Gasteiger partial charge is 0.293 e. The minimum Gasteiger partial charge on any atom is -0.455 e. The molecule has 350 valence electrons. The van der Waals surface area contributed by atoms with Gasteiger partial charge >= 0.3 is 0 Å². The molecule has 3 aliphatic rings. The topological polar surface area (TPSA) is 206 Å². The summed E-state index contributed by atoms with van der Waals surface area (Å²) in [6.07, 6.45) is 7.68. The van der Waals surface area contributed by atoms with Crippen LogP contribution in [0.15, 0.2) is 95.7 Å². The number of allylic oxidation sites excluding steroid dienone is 1. The SMILES string of the molecule is CC1(C)CCC(CN2CCN(c3ccc(C(=O)NS(=O)(=O)c4ccc(NCC(CO)N5CC[P+](C)(O)CC5)c([N+](=O)[O-])c4)c(Oc4cnc5[nH]ccc5c4)c3)CC2)=C(c2ccc(Cl)cc2)C1. The highest BCUT2D eigenvalue weighted by Gasteiger charge is 2.37. The van der Waals surface area contributed by atoms with E-state index in [1.165, 1.54) is 41.1 Å². The van der Waals surface area contributed by atoms with Gasteiger partial charge in [-0.05, 0) is 84.3 Å². The first kappa shape index (κ1) is 47.4. The molecule has 5 N–H and O–H groups in total. The minimum absolute atomic E-state index is 0.0538. The minimum atomic E-state index is -4.63. The van der Waals surface area contributed by atoms with Crippen LogP contribution >= 0.6 is 19.1 Å². The molecule has 66 heavy (non-hydrogen) atoms. The Labute approximate surface area is 390 Å². The third-order valence-corrected chi connectivity index (χ3v) is 16.9. The van der Waals surface area contributed by atoms with Crippen LogP contribution in [0.3, 0.4) is 0 Å². The Morgan fingerprint density at radius 1 is 1.03 bits per heavy atom. The number of carbonyl (C=O) groups is 1. The number of nitro groups is 1. The van der Waals surface area contributed by atoms with E-state index < -0.39 is 38.9 Å². The number of ether oxygens (including phenoxy) is 1. The molecule has 5 aromatic rings. The number of hydrogen-bond acceptors (Lipinski definition) is 13. The van der Waals surface area contributed by atoms with Crippen LogP contribution in [0.5, 0.6) is 11.5 Å². The van der Waals surface area contributed by atoms with Crippen LogP contribution in [0.1, 0.15) is 49.0 Å². The molecule has 1 amide bonds. The Hall–Kier alpha value is -5.13. The Morgan fingerprint density at radius 3 is 2.48 bits per heavy atom. The first-order valence-corrected chi connectivity index (χ1v) is 26.6. The van der Waals surface area contributed by atoms with Crippen molar-refractivity contribution in [2.75, 3.05) is 88.2 Å². The second-order valence-corrected chi connectivity index (χ2v) is 24.2. The molecule has 2 aromatic heterocycles. The molecule has 0 bridgehead atoms. The quantitative estimate of drug-likeness (QED) is 0.0393. The largest absolute Gasteiger partial charge is 0.455 e. The number of nitrogens with zero attached hydrogens (tertiary/aromatic N) is 5. The van der Waals surface area contributed by atoms with E-state index in [1.54, 1.807) is 24.4 Å². The number of H-pyrrole nitrogens is 1. The van der Waals surface area contributed by atoms with Gasteiger partial charge in [-0.2, -0.15) is 0 Å². The van der Waals surface area contributed by atoms with Crippen molar-refractivity contribution in [3.05, 3.63) is 117 Å². The average Bonchev–Trinajstić information content (AvgIpc) is 3.76. The van der Waals surface area contributed by atoms with Gasteiger partial charge in [0.05, 0.1) is 53.2 Å². The summed E-state index contributed by atoms with van der Waals surface area (Å²) in [6, 6.07) is 19.7. The van der Waals surface area contributed by atoms with E-state index >= 15 is 0 Å². The summed E-state index contributed by atoms with van der Waals surface area (Å²) < 4.78 is 36.0. The van der Waals surface area contributed by atoms with Gasteiger partial charge in [-0.1, -0.05) is 43.2 Å². The molecule has 3 aromatic carbocycles. The number of aromatic nitrogens is 2. The molecule has 19 heteroatoms. The number of carbonyl (C=O) groups excluding carboxylic acids is 1. The lowest BCUT2D eigenvalue weighted by Crippen LogP contribution is -2.48. The van der Waals surface area contributed by atoms with Crippen LogP contribution in [0.2, 0.25) is 5.02 Å². The number of hydrogen-bond donors (Lipinski definition) is 5. The third kappa shape index (κ3) is 11.2. The maximum Gasteiger partial charge on any atom is 0.293 e. The van der Waals surface area contributed by atoms with Gasteiger partial charge < -0.3 is 25.0 Å². The van der Waals surface area contributed by atoms with Gasteiger partial charge in [0.15, 0.2) is 0 Å². The summed E-state index contributed by atoms with van der Waals surface area (Å²) in [5.74, 6) is -0.557. The van der Waals surface area contributed by atoms with Crippen LogP contribution in [0.4, 0.5) is 17.1 Å². The zero-order chi connectivity index (χ0) is 46.8. The fourth-order valence-electron chi connectivity index (χ4n) is 9.01. The molecule has 1 atom stereocenters. The number of sulfonamides is 1. The van der Waals surface area contributed by atoms with Crippen molar-refractivity contribution < 1.29 is 32.9 Å². The van der Waals surface area contributed by atoms with Crippen molar-refractivity contribution in [3.8, 4) is 11.5 Å². The average molecular weight is 961 g/mol. The third-order valence-electron chi connectivity index (χ3n) is 13.0. The highest BCUT2D eigenvalue weighted by molar-refractivity contribution is 7.90.